The highest BCUT2D eigenvalue weighted by Crippen LogP contribution is 2.40. The molecule has 1 N–H and O–H groups in total. The molecule has 0 radical (unpaired) electrons. The van der Waals surface area contributed by atoms with E-state index in [2.05, 4.69) is 45.1 Å². The Morgan fingerprint density at radius 3 is 2.71 bits per heavy atom. The third-order valence-electron chi connectivity index (χ3n) is 4.54. The molecule has 3 unspecified atom stereocenters. The average Bonchev–Trinajstić information content (AvgIpc) is 2.93. The lowest BCUT2D eigenvalue weighted by atomic mass is 9.84. The molecule has 0 saturated carbocycles. The van der Waals surface area contributed by atoms with Crippen LogP contribution < -0.4 is 10.1 Å². The molecule has 1 fully saturated rings. The quantitative estimate of drug-likeness (QED) is 0.865. The summed E-state index contributed by atoms with van der Waals surface area (Å²) in [6.07, 6.45) is 2.53. The lowest BCUT2D eigenvalue weighted by molar-refractivity contribution is 0.0772. The van der Waals surface area contributed by atoms with Crippen LogP contribution in [-0.2, 0) is 4.74 Å². The first-order valence-corrected chi connectivity index (χ1v) is 8.12. The van der Waals surface area contributed by atoms with E-state index in [1.165, 1.54) is 16.7 Å². The molecule has 3 heteroatoms. The summed E-state index contributed by atoms with van der Waals surface area (Å²) in [5, 5.41) is 3.68. The van der Waals surface area contributed by atoms with Crippen molar-refractivity contribution in [3.05, 3.63) is 28.8 Å². The number of aryl methyl sites for hydroxylation is 2. The normalized spacial score (nSPS) is 23.3. The molecule has 3 nitrogen and oxygen atoms in total. The van der Waals surface area contributed by atoms with Crippen LogP contribution in [0.25, 0.3) is 0 Å². The van der Waals surface area contributed by atoms with Gasteiger partial charge in [0.2, 0.25) is 0 Å². The maximum Gasteiger partial charge on any atom is 0.124 e. The van der Waals surface area contributed by atoms with E-state index in [0.717, 1.165) is 31.7 Å². The monoisotopic (exact) mass is 291 g/mol. The Bertz CT molecular complexity index is 473. The van der Waals surface area contributed by atoms with Gasteiger partial charge < -0.3 is 14.8 Å². The second-order valence-electron chi connectivity index (χ2n) is 6.00. The van der Waals surface area contributed by atoms with Crippen molar-refractivity contribution in [3.8, 4) is 5.75 Å². The summed E-state index contributed by atoms with van der Waals surface area (Å²) in [7, 11) is 1.77. The zero-order valence-electron chi connectivity index (χ0n) is 14.0. The van der Waals surface area contributed by atoms with Gasteiger partial charge in [-0.15, -0.1) is 0 Å². The van der Waals surface area contributed by atoms with Crippen molar-refractivity contribution in [3.63, 3.8) is 0 Å². The molecular formula is C18H29NO2. The van der Waals surface area contributed by atoms with Gasteiger partial charge in [-0.3, -0.25) is 0 Å². The molecule has 1 aliphatic rings. The average molecular weight is 291 g/mol. The number of hydrogen-bond donors (Lipinski definition) is 1. The van der Waals surface area contributed by atoms with Gasteiger partial charge in [-0.05, 0) is 50.4 Å². The molecule has 0 spiro atoms. The largest absolute Gasteiger partial charge is 0.496 e. The van der Waals surface area contributed by atoms with Crippen LogP contribution in [0.1, 0.15) is 49.4 Å². The van der Waals surface area contributed by atoms with Crippen molar-refractivity contribution in [2.75, 3.05) is 20.3 Å². The van der Waals surface area contributed by atoms with Crippen LogP contribution in [0.15, 0.2) is 12.1 Å². The molecule has 1 saturated heterocycles. The van der Waals surface area contributed by atoms with Crippen molar-refractivity contribution in [1.29, 1.82) is 0 Å². The van der Waals surface area contributed by atoms with E-state index in [1.807, 2.05) is 0 Å². The lowest BCUT2D eigenvalue weighted by Gasteiger charge is -2.30. The highest BCUT2D eigenvalue weighted by Gasteiger charge is 2.36. The Hall–Kier alpha value is -1.06. The van der Waals surface area contributed by atoms with Crippen molar-refractivity contribution in [1.82, 2.24) is 5.32 Å². The van der Waals surface area contributed by atoms with Crippen molar-refractivity contribution < 1.29 is 9.47 Å². The van der Waals surface area contributed by atoms with Crippen LogP contribution in [0.4, 0.5) is 0 Å². The number of rotatable bonds is 6. The summed E-state index contributed by atoms with van der Waals surface area (Å²) in [6.45, 7) is 10.5. The van der Waals surface area contributed by atoms with E-state index in [-0.39, 0.29) is 0 Å². The van der Waals surface area contributed by atoms with Crippen molar-refractivity contribution in [2.24, 2.45) is 5.92 Å². The topological polar surface area (TPSA) is 30.5 Å². The van der Waals surface area contributed by atoms with Gasteiger partial charge in [-0.1, -0.05) is 19.9 Å². The molecule has 1 aliphatic heterocycles. The van der Waals surface area contributed by atoms with Crippen LogP contribution in [0, 0.1) is 19.8 Å². The Balaban J connectivity index is 2.42. The van der Waals surface area contributed by atoms with E-state index >= 15 is 0 Å². The van der Waals surface area contributed by atoms with Gasteiger partial charge in [0.05, 0.1) is 13.2 Å². The highest BCUT2D eigenvalue weighted by atomic mass is 16.5. The second kappa shape index (κ2) is 7.28. The standard InChI is InChI=1S/C18H29NO2/c1-6-15-14(8-9-21-15)18(19-7-2)17-13(4)10-12(3)11-16(17)20-5/h10-11,14-15,18-19H,6-9H2,1-5H3. The summed E-state index contributed by atoms with van der Waals surface area (Å²) in [5.74, 6) is 1.52. The zero-order valence-corrected chi connectivity index (χ0v) is 14.0. The number of nitrogens with one attached hydrogen (secondary N) is 1. The van der Waals surface area contributed by atoms with Gasteiger partial charge in [-0.2, -0.15) is 0 Å². The lowest BCUT2D eigenvalue weighted by Crippen LogP contribution is -2.33. The minimum Gasteiger partial charge on any atom is -0.496 e. The van der Waals surface area contributed by atoms with Crippen LogP contribution in [0.5, 0.6) is 5.75 Å². The molecule has 118 valence electrons. The maximum absolute atomic E-state index is 5.92. The van der Waals surface area contributed by atoms with Crippen molar-refractivity contribution in [2.45, 2.75) is 52.7 Å². The van der Waals surface area contributed by atoms with E-state index in [1.54, 1.807) is 7.11 Å². The fraction of sp³-hybridized carbons (Fsp3) is 0.667. The summed E-state index contributed by atoms with van der Waals surface area (Å²) in [4.78, 5) is 0. The van der Waals surface area contributed by atoms with E-state index in [0.29, 0.717) is 18.1 Å². The van der Waals surface area contributed by atoms with Gasteiger partial charge in [0.1, 0.15) is 5.75 Å². The second-order valence-corrected chi connectivity index (χ2v) is 6.00. The van der Waals surface area contributed by atoms with Gasteiger partial charge in [0, 0.05) is 24.1 Å². The minimum absolute atomic E-state index is 0.304. The maximum atomic E-state index is 5.92. The van der Waals surface area contributed by atoms with Gasteiger partial charge in [-0.25, -0.2) is 0 Å². The summed E-state index contributed by atoms with van der Waals surface area (Å²) in [6, 6.07) is 4.69. The zero-order chi connectivity index (χ0) is 15.4. The van der Waals surface area contributed by atoms with Gasteiger partial charge >= 0.3 is 0 Å². The predicted molar refractivity (Wildman–Crippen MR) is 87.0 cm³/mol. The Kier molecular flexibility index (Phi) is 5.65. The molecule has 1 heterocycles. The Morgan fingerprint density at radius 2 is 2.10 bits per heavy atom. The fourth-order valence-corrected chi connectivity index (χ4v) is 3.66. The predicted octanol–water partition coefficient (Wildman–Crippen LogP) is 3.78. The van der Waals surface area contributed by atoms with E-state index in [9.17, 15) is 0 Å². The molecule has 0 amide bonds. The molecule has 1 aromatic rings. The fourth-order valence-electron chi connectivity index (χ4n) is 3.66. The smallest absolute Gasteiger partial charge is 0.124 e. The van der Waals surface area contributed by atoms with Crippen LogP contribution in [0.2, 0.25) is 0 Å². The molecular weight excluding hydrogens is 262 g/mol. The van der Waals surface area contributed by atoms with Crippen LogP contribution in [0.3, 0.4) is 0 Å². The van der Waals surface area contributed by atoms with Gasteiger partial charge in [0.15, 0.2) is 0 Å². The summed E-state index contributed by atoms with van der Waals surface area (Å²) in [5.41, 5.74) is 3.86. The third-order valence-corrected chi connectivity index (χ3v) is 4.54. The highest BCUT2D eigenvalue weighted by molar-refractivity contribution is 5.45. The van der Waals surface area contributed by atoms with Gasteiger partial charge in [0.25, 0.3) is 0 Å². The van der Waals surface area contributed by atoms with E-state index < -0.39 is 0 Å². The first kappa shape index (κ1) is 16.3. The Morgan fingerprint density at radius 1 is 1.33 bits per heavy atom. The molecule has 2 rings (SSSR count). The number of benzene rings is 1. The molecule has 21 heavy (non-hydrogen) atoms. The van der Waals surface area contributed by atoms with Crippen LogP contribution in [-0.4, -0.2) is 26.4 Å². The molecule has 3 atom stereocenters. The van der Waals surface area contributed by atoms with Crippen LogP contribution >= 0.6 is 0 Å². The number of hydrogen-bond acceptors (Lipinski definition) is 3. The summed E-state index contributed by atoms with van der Waals surface area (Å²) >= 11 is 0. The van der Waals surface area contributed by atoms with Crippen molar-refractivity contribution >= 4 is 0 Å². The number of ether oxygens (including phenoxy) is 2. The minimum atomic E-state index is 0.304. The van der Waals surface area contributed by atoms with E-state index in [4.69, 9.17) is 9.47 Å². The molecule has 0 aliphatic carbocycles. The molecule has 0 aromatic heterocycles. The number of methoxy groups -OCH3 is 1. The summed E-state index contributed by atoms with van der Waals surface area (Å²) < 4.78 is 11.6. The Labute approximate surface area is 129 Å². The first-order chi connectivity index (χ1) is 10.1. The molecule has 0 bridgehead atoms. The first-order valence-electron chi connectivity index (χ1n) is 8.12. The third kappa shape index (κ3) is 3.41. The SMILES string of the molecule is CCNC(c1c(C)cc(C)cc1OC)C1CCOC1CC. The molecule has 1 aromatic carbocycles.